The van der Waals surface area contributed by atoms with Crippen molar-refractivity contribution in [2.24, 2.45) is 0 Å². The van der Waals surface area contributed by atoms with Crippen molar-refractivity contribution in [3.05, 3.63) is 65.7 Å². The van der Waals surface area contributed by atoms with E-state index in [9.17, 15) is 4.79 Å². The van der Waals surface area contributed by atoms with Crippen molar-refractivity contribution in [1.29, 1.82) is 0 Å². The molecule has 22 heavy (non-hydrogen) atoms. The summed E-state index contributed by atoms with van der Waals surface area (Å²) in [6.07, 6.45) is 1.36. The highest BCUT2D eigenvalue weighted by Crippen LogP contribution is 2.17. The van der Waals surface area contributed by atoms with Gasteiger partial charge in [-0.05, 0) is 31.0 Å². The molecule has 3 heteroatoms. The molecule has 2 rings (SSSR count). The Balaban J connectivity index is 1.81. The van der Waals surface area contributed by atoms with E-state index in [1.54, 1.807) is 0 Å². The van der Waals surface area contributed by atoms with Gasteiger partial charge in [0.05, 0.1) is 6.04 Å². The first-order valence-corrected chi connectivity index (χ1v) is 7.84. The fraction of sp³-hybridized carbons (Fsp3) is 0.316. The van der Waals surface area contributed by atoms with Crippen molar-refractivity contribution < 1.29 is 4.79 Å². The molecule has 0 saturated heterocycles. The summed E-state index contributed by atoms with van der Waals surface area (Å²) in [6.45, 7) is 4.80. The number of aryl methyl sites for hydroxylation is 1. The van der Waals surface area contributed by atoms with Gasteiger partial charge in [0.1, 0.15) is 0 Å². The standard InChI is InChI=1S/C19H24N2O/c1-3-18(16-11-9-15(2)10-12-16)21-19(22)13-14-20-17-7-5-4-6-8-17/h4-12,18,20H,3,13-14H2,1-2H3,(H,21,22)/t18-/m0/s1. The van der Waals surface area contributed by atoms with Gasteiger partial charge in [-0.2, -0.15) is 0 Å². The lowest BCUT2D eigenvalue weighted by atomic mass is 10.0. The summed E-state index contributed by atoms with van der Waals surface area (Å²) in [7, 11) is 0. The van der Waals surface area contributed by atoms with E-state index in [0.717, 1.165) is 17.7 Å². The van der Waals surface area contributed by atoms with Crippen LogP contribution in [-0.4, -0.2) is 12.5 Å². The lowest BCUT2D eigenvalue weighted by Crippen LogP contribution is -2.29. The number of carbonyl (C=O) groups excluding carboxylic acids is 1. The average Bonchev–Trinajstić information content (AvgIpc) is 2.54. The van der Waals surface area contributed by atoms with Gasteiger partial charge in [-0.15, -0.1) is 0 Å². The number of hydrogen-bond donors (Lipinski definition) is 2. The van der Waals surface area contributed by atoms with E-state index in [-0.39, 0.29) is 11.9 Å². The highest BCUT2D eigenvalue weighted by molar-refractivity contribution is 5.77. The zero-order chi connectivity index (χ0) is 15.8. The first-order valence-electron chi connectivity index (χ1n) is 7.84. The maximum atomic E-state index is 12.1. The van der Waals surface area contributed by atoms with Crippen LogP contribution in [-0.2, 0) is 4.79 Å². The molecule has 1 atom stereocenters. The van der Waals surface area contributed by atoms with Crippen LogP contribution in [0.1, 0.15) is 36.9 Å². The third-order valence-corrected chi connectivity index (χ3v) is 3.68. The van der Waals surface area contributed by atoms with Gasteiger partial charge in [0.25, 0.3) is 0 Å². The fourth-order valence-corrected chi connectivity index (χ4v) is 2.36. The first-order chi connectivity index (χ1) is 10.7. The Kier molecular flexibility index (Phi) is 6.01. The first kappa shape index (κ1) is 16.1. The predicted octanol–water partition coefficient (Wildman–Crippen LogP) is 4.06. The summed E-state index contributed by atoms with van der Waals surface area (Å²) in [5.41, 5.74) is 3.44. The lowest BCUT2D eigenvalue weighted by Gasteiger charge is -2.18. The van der Waals surface area contributed by atoms with E-state index in [0.29, 0.717) is 13.0 Å². The molecule has 0 heterocycles. The summed E-state index contributed by atoms with van der Waals surface area (Å²) in [6, 6.07) is 18.4. The number of benzene rings is 2. The van der Waals surface area contributed by atoms with E-state index in [4.69, 9.17) is 0 Å². The van der Waals surface area contributed by atoms with Gasteiger partial charge in [0, 0.05) is 18.7 Å². The van der Waals surface area contributed by atoms with Crippen molar-refractivity contribution >= 4 is 11.6 Å². The van der Waals surface area contributed by atoms with Crippen LogP contribution in [0.5, 0.6) is 0 Å². The second kappa shape index (κ2) is 8.23. The molecule has 0 fully saturated rings. The molecule has 2 aromatic rings. The normalized spacial score (nSPS) is 11.7. The quantitative estimate of drug-likeness (QED) is 0.809. The van der Waals surface area contributed by atoms with Crippen LogP contribution in [0.3, 0.4) is 0 Å². The molecule has 116 valence electrons. The van der Waals surface area contributed by atoms with Gasteiger partial charge in [-0.3, -0.25) is 4.79 Å². The van der Waals surface area contributed by atoms with Crippen molar-refractivity contribution in [2.75, 3.05) is 11.9 Å². The molecule has 0 unspecified atom stereocenters. The number of rotatable bonds is 7. The van der Waals surface area contributed by atoms with Crippen LogP contribution in [0, 0.1) is 6.92 Å². The number of carbonyl (C=O) groups is 1. The van der Waals surface area contributed by atoms with E-state index in [2.05, 4.69) is 48.7 Å². The van der Waals surface area contributed by atoms with Crippen molar-refractivity contribution in [3.8, 4) is 0 Å². The minimum absolute atomic E-state index is 0.0795. The van der Waals surface area contributed by atoms with E-state index in [1.165, 1.54) is 5.56 Å². The molecule has 2 N–H and O–H groups in total. The van der Waals surface area contributed by atoms with E-state index < -0.39 is 0 Å². The van der Waals surface area contributed by atoms with Gasteiger partial charge in [-0.1, -0.05) is 55.0 Å². The Morgan fingerprint density at radius 3 is 2.36 bits per heavy atom. The van der Waals surface area contributed by atoms with Crippen molar-refractivity contribution in [3.63, 3.8) is 0 Å². The van der Waals surface area contributed by atoms with E-state index in [1.807, 2.05) is 30.3 Å². The molecule has 0 bridgehead atoms. The third-order valence-electron chi connectivity index (χ3n) is 3.68. The van der Waals surface area contributed by atoms with Gasteiger partial charge in [0.15, 0.2) is 0 Å². The Morgan fingerprint density at radius 1 is 1.05 bits per heavy atom. The van der Waals surface area contributed by atoms with E-state index >= 15 is 0 Å². The van der Waals surface area contributed by atoms with Crippen molar-refractivity contribution in [2.45, 2.75) is 32.7 Å². The minimum atomic E-state index is 0.0795. The van der Waals surface area contributed by atoms with Crippen LogP contribution in [0.2, 0.25) is 0 Å². The maximum absolute atomic E-state index is 12.1. The molecule has 0 radical (unpaired) electrons. The Hall–Kier alpha value is -2.29. The summed E-state index contributed by atoms with van der Waals surface area (Å²) >= 11 is 0. The van der Waals surface area contributed by atoms with Gasteiger partial charge in [0.2, 0.25) is 5.91 Å². The lowest BCUT2D eigenvalue weighted by molar-refractivity contribution is -0.121. The molecular formula is C19H24N2O. The maximum Gasteiger partial charge on any atom is 0.222 e. The number of hydrogen-bond acceptors (Lipinski definition) is 2. The van der Waals surface area contributed by atoms with Crippen molar-refractivity contribution in [1.82, 2.24) is 5.32 Å². The topological polar surface area (TPSA) is 41.1 Å². The van der Waals surface area contributed by atoms with Crippen LogP contribution < -0.4 is 10.6 Å². The Morgan fingerprint density at radius 2 is 1.73 bits per heavy atom. The average molecular weight is 296 g/mol. The van der Waals surface area contributed by atoms with Gasteiger partial charge < -0.3 is 10.6 Å². The number of amides is 1. The predicted molar refractivity (Wildman–Crippen MR) is 91.9 cm³/mol. The zero-order valence-corrected chi connectivity index (χ0v) is 13.3. The minimum Gasteiger partial charge on any atom is -0.385 e. The highest BCUT2D eigenvalue weighted by Gasteiger charge is 2.12. The molecule has 0 aromatic heterocycles. The molecule has 0 aliphatic rings. The number of para-hydroxylation sites is 1. The third kappa shape index (κ3) is 4.92. The summed E-state index contributed by atoms with van der Waals surface area (Å²) in [5, 5.41) is 6.36. The molecule has 0 aliphatic heterocycles. The zero-order valence-electron chi connectivity index (χ0n) is 13.3. The molecular weight excluding hydrogens is 272 g/mol. The second-order valence-electron chi connectivity index (χ2n) is 5.48. The molecule has 2 aromatic carbocycles. The molecule has 0 spiro atoms. The summed E-state index contributed by atoms with van der Waals surface area (Å²) < 4.78 is 0. The molecule has 0 saturated carbocycles. The fourth-order valence-electron chi connectivity index (χ4n) is 2.36. The molecule has 3 nitrogen and oxygen atoms in total. The smallest absolute Gasteiger partial charge is 0.222 e. The van der Waals surface area contributed by atoms with Crippen LogP contribution in [0.25, 0.3) is 0 Å². The van der Waals surface area contributed by atoms with Crippen LogP contribution in [0.4, 0.5) is 5.69 Å². The summed E-state index contributed by atoms with van der Waals surface area (Å²) in [5.74, 6) is 0.0795. The monoisotopic (exact) mass is 296 g/mol. The Labute approximate surface area is 132 Å². The molecule has 0 aliphatic carbocycles. The number of nitrogens with one attached hydrogen (secondary N) is 2. The Bertz CT molecular complexity index is 578. The highest BCUT2D eigenvalue weighted by atomic mass is 16.1. The van der Waals surface area contributed by atoms with Crippen LogP contribution in [0.15, 0.2) is 54.6 Å². The van der Waals surface area contributed by atoms with Gasteiger partial charge >= 0.3 is 0 Å². The number of anilines is 1. The summed E-state index contributed by atoms with van der Waals surface area (Å²) in [4.78, 5) is 12.1. The largest absolute Gasteiger partial charge is 0.385 e. The van der Waals surface area contributed by atoms with Gasteiger partial charge in [-0.25, -0.2) is 0 Å². The van der Waals surface area contributed by atoms with Crippen LogP contribution >= 0.6 is 0 Å². The second-order valence-corrected chi connectivity index (χ2v) is 5.48. The molecule has 1 amide bonds. The SMILES string of the molecule is CC[C@H](NC(=O)CCNc1ccccc1)c1ccc(C)cc1.